The van der Waals surface area contributed by atoms with Crippen LogP contribution in [0.5, 0.6) is 5.75 Å². The lowest BCUT2D eigenvalue weighted by atomic mass is 9.84. The summed E-state index contributed by atoms with van der Waals surface area (Å²) < 4.78 is 6.19. The van der Waals surface area contributed by atoms with Gasteiger partial charge in [-0.05, 0) is 42.4 Å². The van der Waals surface area contributed by atoms with E-state index in [0.717, 1.165) is 18.6 Å². The number of terminal acetylenes is 1. The lowest BCUT2D eigenvalue weighted by molar-refractivity contribution is 0.0952. The maximum Gasteiger partial charge on any atom is 0.119 e. The molecule has 1 aliphatic carbocycles. The first-order chi connectivity index (χ1) is 9.50. The van der Waals surface area contributed by atoms with Gasteiger partial charge >= 0.3 is 0 Å². The van der Waals surface area contributed by atoms with Gasteiger partial charge in [0.15, 0.2) is 0 Å². The quantitative estimate of drug-likeness (QED) is 0.706. The maximum absolute atomic E-state index is 6.19. The van der Waals surface area contributed by atoms with E-state index < -0.39 is 0 Å². The molecule has 0 radical (unpaired) electrons. The molecule has 1 aliphatic rings. The van der Waals surface area contributed by atoms with Crippen LogP contribution in [0, 0.1) is 18.3 Å². The lowest BCUT2D eigenvalue weighted by Gasteiger charge is -2.31. The van der Waals surface area contributed by atoms with Crippen molar-refractivity contribution in [2.24, 2.45) is 5.92 Å². The Morgan fingerprint density at radius 1 is 1.15 bits per heavy atom. The molecule has 0 spiro atoms. The summed E-state index contributed by atoms with van der Waals surface area (Å²) in [6.45, 7) is 6.69. The third-order valence-corrected chi connectivity index (χ3v) is 4.23. The molecule has 2 unspecified atom stereocenters. The summed E-state index contributed by atoms with van der Waals surface area (Å²) in [5.74, 6) is 4.30. The van der Waals surface area contributed by atoms with Crippen LogP contribution >= 0.6 is 0 Å². The van der Waals surface area contributed by atoms with Crippen molar-refractivity contribution in [3.63, 3.8) is 0 Å². The van der Waals surface area contributed by atoms with Crippen molar-refractivity contribution in [3.8, 4) is 18.1 Å². The van der Waals surface area contributed by atoms with Gasteiger partial charge in [-0.15, -0.1) is 12.3 Å². The van der Waals surface area contributed by atoms with Crippen molar-refractivity contribution < 1.29 is 4.74 Å². The Labute approximate surface area is 123 Å². The Kier molecular flexibility index (Phi) is 4.76. The van der Waals surface area contributed by atoms with Gasteiger partial charge in [0, 0.05) is 12.3 Å². The predicted octanol–water partition coefficient (Wildman–Crippen LogP) is 4.95. The largest absolute Gasteiger partial charge is 0.490 e. The Hall–Kier alpha value is -1.42. The summed E-state index contributed by atoms with van der Waals surface area (Å²) in [5.41, 5.74) is 1.53. The van der Waals surface area contributed by atoms with Gasteiger partial charge in [-0.3, -0.25) is 0 Å². The van der Waals surface area contributed by atoms with Gasteiger partial charge in [-0.1, -0.05) is 39.3 Å². The summed E-state index contributed by atoms with van der Waals surface area (Å²) >= 11 is 0. The van der Waals surface area contributed by atoms with E-state index in [-0.39, 0.29) is 5.41 Å². The molecule has 0 amide bonds. The van der Waals surface area contributed by atoms with E-state index in [2.05, 4.69) is 51.0 Å². The Balaban J connectivity index is 2.03. The second-order valence-corrected chi connectivity index (χ2v) is 6.88. The minimum absolute atomic E-state index is 0.190. The first-order valence-corrected chi connectivity index (χ1v) is 7.71. The van der Waals surface area contributed by atoms with Crippen LogP contribution in [0.25, 0.3) is 0 Å². The molecule has 1 aromatic rings. The maximum atomic E-state index is 6.19. The first kappa shape index (κ1) is 15.0. The Morgan fingerprint density at radius 3 is 2.40 bits per heavy atom. The molecule has 0 aromatic heterocycles. The number of benzene rings is 1. The van der Waals surface area contributed by atoms with Crippen molar-refractivity contribution in [2.75, 3.05) is 0 Å². The number of rotatable bonds is 3. The van der Waals surface area contributed by atoms with Gasteiger partial charge in [0.25, 0.3) is 0 Å². The lowest BCUT2D eigenvalue weighted by Crippen LogP contribution is -2.30. The normalized spacial score (nSPS) is 23.1. The molecule has 1 heteroatoms. The average Bonchev–Trinajstić information content (AvgIpc) is 2.41. The third-order valence-electron chi connectivity index (χ3n) is 4.23. The smallest absolute Gasteiger partial charge is 0.119 e. The molecule has 1 aromatic carbocycles. The second kappa shape index (κ2) is 6.35. The van der Waals surface area contributed by atoms with E-state index in [1.54, 1.807) is 0 Å². The highest BCUT2D eigenvalue weighted by Crippen LogP contribution is 2.31. The van der Waals surface area contributed by atoms with Crippen LogP contribution in [0.1, 0.15) is 58.4 Å². The molecule has 0 heterocycles. The third kappa shape index (κ3) is 3.79. The fourth-order valence-electron chi connectivity index (χ4n) is 2.92. The van der Waals surface area contributed by atoms with E-state index >= 15 is 0 Å². The Bertz CT molecular complexity index is 458. The molecule has 0 aliphatic heterocycles. The first-order valence-electron chi connectivity index (χ1n) is 7.71. The highest BCUT2D eigenvalue weighted by molar-refractivity contribution is 5.31. The molecule has 1 nitrogen and oxygen atoms in total. The monoisotopic (exact) mass is 270 g/mol. The fraction of sp³-hybridized carbons (Fsp3) is 0.579. The van der Waals surface area contributed by atoms with Crippen molar-refractivity contribution in [1.29, 1.82) is 0 Å². The number of hydrogen-bond acceptors (Lipinski definition) is 1. The van der Waals surface area contributed by atoms with Crippen molar-refractivity contribution in [2.45, 2.75) is 64.4 Å². The number of ether oxygens (including phenoxy) is 1. The topological polar surface area (TPSA) is 9.23 Å². The van der Waals surface area contributed by atoms with Crippen LogP contribution in [0.4, 0.5) is 0 Å². The molecule has 0 bridgehead atoms. The van der Waals surface area contributed by atoms with Gasteiger partial charge in [0.2, 0.25) is 0 Å². The van der Waals surface area contributed by atoms with E-state index in [1.165, 1.54) is 24.8 Å². The van der Waals surface area contributed by atoms with Gasteiger partial charge in [-0.2, -0.15) is 0 Å². The van der Waals surface area contributed by atoms with Crippen molar-refractivity contribution in [1.82, 2.24) is 0 Å². The van der Waals surface area contributed by atoms with Gasteiger partial charge < -0.3 is 4.74 Å². The molecule has 0 saturated heterocycles. The zero-order chi connectivity index (χ0) is 14.6. The average molecular weight is 270 g/mol. The summed E-state index contributed by atoms with van der Waals surface area (Å²) in [6, 6.07) is 8.55. The fourth-order valence-corrected chi connectivity index (χ4v) is 2.92. The zero-order valence-electron chi connectivity index (χ0n) is 13.0. The summed E-state index contributed by atoms with van der Waals surface area (Å²) in [7, 11) is 0. The van der Waals surface area contributed by atoms with Crippen molar-refractivity contribution >= 4 is 0 Å². The molecule has 20 heavy (non-hydrogen) atoms. The molecule has 1 fully saturated rings. The molecule has 108 valence electrons. The minimum Gasteiger partial charge on any atom is -0.490 e. The molecule has 1 saturated carbocycles. The highest BCUT2D eigenvalue weighted by Gasteiger charge is 2.26. The van der Waals surface area contributed by atoms with Gasteiger partial charge in [-0.25, -0.2) is 0 Å². The van der Waals surface area contributed by atoms with Crippen LogP contribution in [0.15, 0.2) is 24.3 Å². The summed E-state index contributed by atoms with van der Waals surface area (Å²) in [4.78, 5) is 0. The predicted molar refractivity (Wildman–Crippen MR) is 85.0 cm³/mol. The van der Waals surface area contributed by atoms with Crippen LogP contribution in [0.2, 0.25) is 0 Å². The summed E-state index contributed by atoms with van der Waals surface area (Å²) in [5, 5.41) is 0. The van der Waals surface area contributed by atoms with Gasteiger partial charge in [0.05, 0.1) is 0 Å². The molecule has 2 atom stereocenters. The SMILES string of the molecule is C#CCC1CCCCC1Oc1ccc(C(C)(C)C)cc1. The van der Waals surface area contributed by atoms with Crippen LogP contribution in [0.3, 0.4) is 0 Å². The molecular formula is C19H26O. The van der Waals surface area contributed by atoms with E-state index in [1.807, 2.05) is 0 Å². The van der Waals surface area contributed by atoms with Crippen molar-refractivity contribution in [3.05, 3.63) is 29.8 Å². The van der Waals surface area contributed by atoms with E-state index in [4.69, 9.17) is 11.2 Å². The molecular weight excluding hydrogens is 244 g/mol. The highest BCUT2D eigenvalue weighted by atomic mass is 16.5. The second-order valence-electron chi connectivity index (χ2n) is 6.88. The number of hydrogen-bond donors (Lipinski definition) is 0. The molecule has 0 N–H and O–H groups in total. The van der Waals surface area contributed by atoms with Gasteiger partial charge in [0.1, 0.15) is 11.9 Å². The van der Waals surface area contributed by atoms with Crippen LogP contribution < -0.4 is 4.74 Å². The standard InChI is InChI=1S/C19H26O/c1-5-8-15-9-6-7-10-18(15)20-17-13-11-16(12-14-17)19(2,3)4/h1,11-15,18H,6-10H2,2-4H3. The summed E-state index contributed by atoms with van der Waals surface area (Å²) in [6.07, 6.45) is 11.5. The van der Waals surface area contributed by atoms with Crippen LogP contribution in [-0.2, 0) is 5.41 Å². The Morgan fingerprint density at radius 2 is 1.80 bits per heavy atom. The zero-order valence-corrected chi connectivity index (χ0v) is 13.0. The minimum atomic E-state index is 0.190. The van der Waals surface area contributed by atoms with E-state index in [0.29, 0.717) is 12.0 Å². The molecule has 2 rings (SSSR count). The van der Waals surface area contributed by atoms with E-state index in [9.17, 15) is 0 Å². The van der Waals surface area contributed by atoms with Crippen LogP contribution in [-0.4, -0.2) is 6.10 Å².